The minimum atomic E-state index is -0.00148. The van der Waals surface area contributed by atoms with Crippen molar-refractivity contribution in [2.75, 3.05) is 24.3 Å². The molecule has 0 bridgehead atoms. The Morgan fingerprint density at radius 2 is 2.06 bits per heavy atom. The van der Waals surface area contributed by atoms with Crippen molar-refractivity contribution in [1.82, 2.24) is 0 Å². The summed E-state index contributed by atoms with van der Waals surface area (Å²) >= 11 is 1.57. The predicted molar refractivity (Wildman–Crippen MR) is 71.0 cm³/mol. The molecule has 0 saturated heterocycles. The summed E-state index contributed by atoms with van der Waals surface area (Å²) < 4.78 is 5.41. The first-order chi connectivity index (χ1) is 8.20. The Balaban J connectivity index is 2.21. The van der Waals surface area contributed by atoms with Crippen LogP contribution in [0.3, 0.4) is 0 Å². The zero-order chi connectivity index (χ0) is 12.3. The maximum atomic E-state index is 12.3. The highest BCUT2D eigenvalue weighted by atomic mass is 32.2. The van der Waals surface area contributed by atoms with Gasteiger partial charge in [-0.05, 0) is 19.1 Å². The maximum absolute atomic E-state index is 12.3. The Bertz CT molecular complexity index is 442. The van der Waals surface area contributed by atoms with Crippen molar-refractivity contribution < 1.29 is 9.53 Å². The van der Waals surface area contributed by atoms with Gasteiger partial charge in [0.1, 0.15) is 10.7 Å². The third kappa shape index (κ3) is 2.64. The van der Waals surface area contributed by atoms with Gasteiger partial charge in [-0.3, -0.25) is 4.79 Å². The van der Waals surface area contributed by atoms with Gasteiger partial charge < -0.3 is 9.64 Å². The molecule has 1 aliphatic heterocycles. The van der Waals surface area contributed by atoms with Crippen molar-refractivity contribution in [3.05, 3.63) is 41.0 Å². The van der Waals surface area contributed by atoms with Gasteiger partial charge in [-0.15, -0.1) is 11.8 Å². The summed E-state index contributed by atoms with van der Waals surface area (Å²) in [7, 11) is 1.78. The smallest absolute Gasteiger partial charge is 0.267 e. The fourth-order valence-electron chi connectivity index (χ4n) is 1.64. The van der Waals surface area contributed by atoms with Crippen LogP contribution in [0, 0.1) is 0 Å². The molecule has 1 aliphatic rings. The van der Waals surface area contributed by atoms with Crippen molar-refractivity contribution in [3.63, 3.8) is 0 Å². The summed E-state index contributed by atoms with van der Waals surface area (Å²) in [6.45, 7) is 2.53. The standard InChI is InChI=1S/C13H15NO2S/c1-10-12(17-9-8-16-10)13(15)14(2)11-6-4-3-5-7-11/h3-7H,8-9H2,1-2H3. The molecule has 1 aromatic carbocycles. The summed E-state index contributed by atoms with van der Waals surface area (Å²) in [5.74, 6) is 1.56. The largest absolute Gasteiger partial charge is 0.496 e. The molecule has 0 fully saturated rings. The molecule has 0 saturated carbocycles. The second-order valence-corrected chi connectivity index (χ2v) is 4.89. The quantitative estimate of drug-likeness (QED) is 0.807. The molecule has 1 amide bonds. The number of nitrogens with zero attached hydrogens (tertiary/aromatic N) is 1. The number of carbonyl (C=O) groups is 1. The van der Waals surface area contributed by atoms with Gasteiger partial charge in [0.25, 0.3) is 5.91 Å². The lowest BCUT2D eigenvalue weighted by Crippen LogP contribution is -2.29. The van der Waals surface area contributed by atoms with E-state index in [1.165, 1.54) is 0 Å². The predicted octanol–water partition coefficient (Wildman–Crippen LogP) is 2.64. The van der Waals surface area contributed by atoms with Gasteiger partial charge in [0.05, 0.1) is 6.61 Å². The molecule has 1 heterocycles. The van der Waals surface area contributed by atoms with E-state index in [9.17, 15) is 4.79 Å². The minimum absolute atomic E-state index is 0.00148. The fraction of sp³-hybridized carbons (Fsp3) is 0.308. The van der Waals surface area contributed by atoms with Crippen LogP contribution in [-0.2, 0) is 9.53 Å². The topological polar surface area (TPSA) is 29.5 Å². The van der Waals surface area contributed by atoms with Gasteiger partial charge >= 0.3 is 0 Å². The third-order valence-electron chi connectivity index (χ3n) is 2.61. The Morgan fingerprint density at radius 3 is 2.71 bits per heavy atom. The van der Waals surface area contributed by atoms with Crippen LogP contribution >= 0.6 is 11.8 Å². The molecule has 0 aromatic heterocycles. The first-order valence-electron chi connectivity index (χ1n) is 5.49. The third-order valence-corrected chi connectivity index (χ3v) is 3.73. The monoisotopic (exact) mass is 249 g/mol. The van der Waals surface area contributed by atoms with Crippen LogP contribution in [0.15, 0.2) is 41.0 Å². The van der Waals surface area contributed by atoms with Crippen LogP contribution in [0.4, 0.5) is 5.69 Å². The number of benzene rings is 1. The second kappa shape index (κ2) is 5.27. The van der Waals surface area contributed by atoms with Gasteiger partial charge in [-0.1, -0.05) is 18.2 Å². The number of para-hydroxylation sites is 1. The molecule has 90 valence electrons. The number of carbonyl (C=O) groups excluding carboxylic acids is 1. The van der Waals surface area contributed by atoms with Crippen LogP contribution in [0.1, 0.15) is 6.92 Å². The molecule has 2 rings (SSSR count). The van der Waals surface area contributed by atoms with Gasteiger partial charge in [-0.25, -0.2) is 0 Å². The molecule has 0 atom stereocenters. The normalized spacial score (nSPS) is 15.4. The van der Waals surface area contributed by atoms with E-state index in [2.05, 4.69) is 0 Å². The second-order valence-electron chi connectivity index (χ2n) is 3.78. The average molecular weight is 249 g/mol. The lowest BCUT2D eigenvalue weighted by Gasteiger charge is -2.23. The Hall–Kier alpha value is -1.42. The van der Waals surface area contributed by atoms with Crippen LogP contribution in [-0.4, -0.2) is 25.3 Å². The van der Waals surface area contributed by atoms with Crippen molar-refractivity contribution >= 4 is 23.4 Å². The number of ether oxygens (including phenoxy) is 1. The summed E-state index contributed by atoms with van der Waals surface area (Å²) in [6.07, 6.45) is 0. The molecule has 0 aliphatic carbocycles. The maximum Gasteiger partial charge on any atom is 0.267 e. The van der Waals surface area contributed by atoms with E-state index in [1.54, 1.807) is 23.7 Å². The van der Waals surface area contributed by atoms with Crippen molar-refractivity contribution in [2.24, 2.45) is 0 Å². The SMILES string of the molecule is CC1=C(C(=O)N(C)c2ccccc2)SCCO1. The zero-order valence-electron chi connectivity index (χ0n) is 9.97. The summed E-state index contributed by atoms with van der Waals surface area (Å²) in [5.41, 5.74) is 0.893. The highest BCUT2D eigenvalue weighted by Crippen LogP contribution is 2.28. The highest BCUT2D eigenvalue weighted by Gasteiger charge is 2.22. The first kappa shape index (κ1) is 12.0. The van der Waals surface area contributed by atoms with Gasteiger partial charge in [0, 0.05) is 18.5 Å². The van der Waals surface area contributed by atoms with Crippen LogP contribution in [0.2, 0.25) is 0 Å². The summed E-state index contributed by atoms with van der Waals surface area (Å²) in [4.78, 5) is 14.6. The molecule has 4 heteroatoms. The molecular weight excluding hydrogens is 234 g/mol. The van der Waals surface area contributed by atoms with Crippen LogP contribution in [0.5, 0.6) is 0 Å². The molecule has 0 unspecified atom stereocenters. The molecule has 3 nitrogen and oxygen atoms in total. The summed E-state index contributed by atoms with van der Waals surface area (Å²) in [5, 5.41) is 0. The minimum Gasteiger partial charge on any atom is -0.496 e. The zero-order valence-corrected chi connectivity index (χ0v) is 10.8. The number of allylic oxidation sites excluding steroid dienone is 1. The van der Waals surface area contributed by atoms with Crippen molar-refractivity contribution in [2.45, 2.75) is 6.92 Å². The van der Waals surface area contributed by atoms with Gasteiger partial charge in [0.2, 0.25) is 0 Å². The van der Waals surface area contributed by atoms with E-state index in [4.69, 9.17) is 4.74 Å². The molecule has 1 aromatic rings. The number of hydrogen-bond acceptors (Lipinski definition) is 3. The Kier molecular flexibility index (Phi) is 3.74. The van der Waals surface area contributed by atoms with Crippen LogP contribution < -0.4 is 4.90 Å². The van der Waals surface area contributed by atoms with E-state index in [0.29, 0.717) is 11.5 Å². The van der Waals surface area contributed by atoms with Crippen molar-refractivity contribution in [1.29, 1.82) is 0 Å². The Morgan fingerprint density at radius 1 is 1.35 bits per heavy atom. The fourth-order valence-corrected chi connectivity index (χ4v) is 2.53. The molecule has 0 N–H and O–H groups in total. The molecular formula is C13H15NO2S. The number of amides is 1. The van der Waals surface area contributed by atoms with E-state index in [1.807, 2.05) is 37.3 Å². The highest BCUT2D eigenvalue weighted by molar-refractivity contribution is 8.04. The molecule has 0 radical (unpaired) electrons. The van der Waals surface area contributed by atoms with E-state index in [-0.39, 0.29) is 5.91 Å². The van der Waals surface area contributed by atoms with Gasteiger partial charge in [-0.2, -0.15) is 0 Å². The van der Waals surface area contributed by atoms with E-state index < -0.39 is 0 Å². The number of anilines is 1. The average Bonchev–Trinajstić information content (AvgIpc) is 2.39. The summed E-state index contributed by atoms with van der Waals surface area (Å²) in [6, 6.07) is 9.62. The van der Waals surface area contributed by atoms with E-state index >= 15 is 0 Å². The number of thioether (sulfide) groups is 1. The van der Waals surface area contributed by atoms with Gasteiger partial charge in [0.15, 0.2) is 0 Å². The van der Waals surface area contributed by atoms with E-state index in [0.717, 1.165) is 17.2 Å². The molecule has 17 heavy (non-hydrogen) atoms. The lowest BCUT2D eigenvalue weighted by molar-refractivity contribution is -0.114. The number of likely N-dealkylation sites (N-methyl/N-ethyl adjacent to an activating group) is 1. The van der Waals surface area contributed by atoms with Crippen LogP contribution in [0.25, 0.3) is 0 Å². The molecule has 0 spiro atoms. The lowest BCUT2D eigenvalue weighted by atomic mass is 10.3. The Labute approximate surface area is 105 Å². The number of hydrogen-bond donors (Lipinski definition) is 0. The first-order valence-corrected chi connectivity index (χ1v) is 6.48. The number of rotatable bonds is 2. The van der Waals surface area contributed by atoms with Crippen molar-refractivity contribution in [3.8, 4) is 0 Å².